The molecule has 1 atom stereocenters. The van der Waals surface area contributed by atoms with E-state index >= 15 is 0 Å². The average molecular weight is 234 g/mol. The van der Waals surface area contributed by atoms with Crippen molar-refractivity contribution in [3.05, 3.63) is 23.7 Å². The normalized spacial score (nSPS) is 13.8. The molecule has 0 aliphatic carbocycles. The number of aryl methyl sites for hydroxylation is 1. The summed E-state index contributed by atoms with van der Waals surface area (Å²) < 4.78 is 5.18. The second-order valence-corrected chi connectivity index (χ2v) is 4.46. The van der Waals surface area contributed by atoms with Crippen LogP contribution in [0.15, 0.2) is 16.7 Å². The number of amides is 1. The number of carbonyl (C=O) groups excluding carboxylic acids is 1. The van der Waals surface area contributed by atoms with Gasteiger partial charge in [-0.25, -0.2) is 0 Å². The van der Waals surface area contributed by atoms with E-state index in [-0.39, 0.29) is 5.91 Å². The minimum Gasteiger partial charge on any atom is -0.469 e. The van der Waals surface area contributed by atoms with E-state index in [1.165, 1.54) is 0 Å². The van der Waals surface area contributed by atoms with Crippen LogP contribution < -0.4 is 0 Å². The first-order valence-corrected chi connectivity index (χ1v) is 5.64. The van der Waals surface area contributed by atoms with Gasteiger partial charge in [-0.1, -0.05) is 6.92 Å². The van der Waals surface area contributed by atoms with Gasteiger partial charge in [0, 0.05) is 19.2 Å². The largest absolute Gasteiger partial charge is 0.469 e. The second kappa shape index (κ2) is 5.05. The molecule has 1 unspecified atom stereocenters. The van der Waals surface area contributed by atoms with Crippen LogP contribution in [0, 0.1) is 23.7 Å². The SMILES string of the molecule is CCC(C)(C#N)C(=O)N(C)Cc1ccoc1C. The zero-order valence-corrected chi connectivity index (χ0v) is 10.8. The molecule has 0 spiro atoms. The first kappa shape index (κ1) is 13.3. The van der Waals surface area contributed by atoms with Crippen molar-refractivity contribution in [1.82, 2.24) is 4.90 Å². The Morgan fingerprint density at radius 2 is 2.29 bits per heavy atom. The summed E-state index contributed by atoms with van der Waals surface area (Å²) >= 11 is 0. The highest BCUT2D eigenvalue weighted by molar-refractivity contribution is 5.84. The maximum atomic E-state index is 12.1. The number of furan rings is 1. The van der Waals surface area contributed by atoms with E-state index in [1.807, 2.05) is 19.9 Å². The quantitative estimate of drug-likeness (QED) is 0.804. The molecule has 0 aromatic carbocycles. The van der Waals surface area contributed by atoms with Gasteiger partial charge < -0.3 is 9.32 Å². The summed E-state index contributed by atoms with van der Waals surface area (Å²) in [5, 5.41) is 9.07. The fourth-order valence-electron chi connectivity index (χ4n) is 1.60. The Hall–Kier alpha value is -1.76. The van der Waals surface area contributed by atoms with Crippen molar-refractivity contribution >= 4 is 5.91 Å². The lowest BCUT2D eigenvalue weighted by molar-refractivity contribution is -0.137. The molecule has 1 rings (SSSR count). The lowest BCUT2D eigenvalue weighted by Gasteiger charge is -2.25. The lowest BCUT2D eigenvalue weighted by atomic mass is 9.88. The molecule has 0 radical (unpaired) electrons. The molecule has 1 amide bonds. The Morgan fingerprint density at radius 3 is 2.71 bits per heavy atom. The molecule has 0 aliphatic rings. The predicted octanol–water partition coefficient (Wildman–Crippen LogP) is 2.49. The summed E-state index contributed by atoms with van der Waals surface area (Å²) in [6.45, 7) is 5.85. The van der Waals surface area contributed by atoms with E-state index in [9.17, 15) is 4.79 Å². The molecule has 1 heterocycles. The average Bonchev–Trinajstić information content (AvgIpc) is 2.73. The van der Waals surface area contributed by atoms with Crippen molar-refractivity contribution in [2.45, 2.75) is 33.7 Å². The number of carbonyl (C=O) groups is 1. The highest BCUT2D eigenvalue weighted by Crippen LogP contribution is 2.23. The molecule has 1 aromatic heterocycles. The van der Waals surface area contributed by atoms with Crippen molar-refractivity contribution < 1.29 is 9.21 Å². The van der Waals surface area contributed by atoms with Crippen molar-refractivity contribution in [2.75, 3.05) is 7.05 Å². The first-order chi connectivity index (χ1) is 7.94. The van der Waals surface area contributed by atoms with Gasteiger partial charge in [0.15, 0.2) is 0 Å². The minimum absolute atomic E-state index is 0.150. The third-order valence-corrected chi connectivity index (χ3v) is 3.15. The lowest BCUT2D eigenvalue weighted by Crippen LogP contribution is -2.38. The van der Waals surface area contributed by atoms with Crippen LogP contribution in [0.2, 0.25) is 0 Å². The van der Waals surface area contributed by atoms with Gasteiger partial charge >= 0.3 is 0 Å². The fourth-order valence-corrected chi connectivity index (χ4v) is 1.60. The van der Waals surface area contributed by atoms with Crippen molar-refractivity contribution in [3.8, 4) is 6.07 Å². The summed E-state index contributed by atoms with van der Waals surface area (Å²) in [5.41, 5.74) is 0.0316. The molecule has 4 heteroatoms. The molecule has 0 bridgehead atoms. The van der Waals surface area contributed by atoms with E-state index < -0.39 is 5.41 Å². The Kier molecular flexibility index (Phi) is 3.95. The molecule has 0 saturated heterocycles. The molecule has 0 aliphatic heterocycles. The molecule has 92 valence electrons. The van der Waals surface area contributed by atoms with E-state index in [2.05, 4.69) is 6.07 Å². The summed E-state index contributed by atoms with van der Waals surface area (Å²) in [7, 11) is 1.71. The Morgan fingerprint density at radius 1 is 1.65 bits per heavy atom. The van der Waals surface area contributed by atoms with Crippen LogP contribution in [0.25, 0.3) is 0 Å². The smallest absolute Gasteiger partial charge is 0.242 e. The predicted molar refractivity (Wildman–Crippen MR) is 63.9 cm³/mol. The third kappa shape index (κ3) is 2.68. The summed E-state index contributed by atoms with van der Waals surface area (Å²) in [6, 6.07) is 3.93. The van der Waals surface area contributed by atoms with Crippen LogP contribution in [0.3, 0.4) is 0 Å². The number of hydrogen-bond donors (Lipinski definition) is 0. The number of nitrogens with zero attached hydrogens (tertiary/aromatic N) is 2. The minimum atomic E-state index is -0.938. The van der Waals surface area contributed by atoms with Gasteiger partial charge in [-0.05, 0) is 26.3 Å². The standard InChI is InChI=1S/C13H18N2O2/c1-5-13(3,9-14)12(16)15(4)8-11-6-7-17-10(11)2/h6-7H,5,8H2,1-4H3. The fraction of sp³-hybridized carbons (Fsp3) is 0.538. The molecule has 1 aromatic rings. The van der Waals surface area contributed by atoms with Gasteiger partial charge in [0.1, 0.15) is 11.2 Å². The summed E-state index contributed by atoms with van der Waals surface area (Å²) in [5.74, 6) is 0.655. The Labute approximate surface area is 102 Å². The number of nitriles is 1. The van der Waals surface area contributed by atoms with Crippen LogP contribution in [-0.2, 0) is 11.3 Å². The van der Waals surface area contributed by atoms with Crippen molar-refractivity contribution in [2.24, 2.45) is 5.41 Å². The van der Waals surface area contributed by atoms with Crippen molar-refractivity contribution in [1.29, 1.82) is 5.26 Å². The Balaban J connectivity index is 2.79. The van der Waals surface area contributed by atoms with Gasteiger partial charge in [0.2, 0.25) is 5.91 Å². The van der Waals surface area contributed by atoms with Gasteiger partial charge in [0.25, 0.3) is 0 Å². The van der Waals surface area contributed by atoms with Crippen LogP contribution in [0.5, 0.6) is 0 Å². The topological polar surface area (TPSA) is 57.2 Å². The Bertz CT molecular complexity index is 445. The zero-order chi connectivity index (χ0) is 13.1. The van der Waals surface area contributed by atoms with Gasteiger partial charge in [0.05, 0.1) is 12.3 Å². The van der Waals surface area contributed by atoms with E-state index in [1.54, 1.807) is 25.1 Å². The van der Waals surface area contributed by atoms with Gasteiger partial charge in [-0.2, -0.15) is 5.26 Å². The molecular formula is C13H18N2O2. The van der Waals surface area contributed by atoms with E-state index in [4.69, 9.17) is 9.68 Å². The van der Waals surface area contributed by atoms with Crippen LogP contribution in [-0.4, -0.2) is 17.9 Å². The van der Waals surface area contributed by atoms with Gasteiger partial charge in [-0.15, -0.1) is 0 Å². The molecular weight excluding hydrogens is 216 g/mol. The molecule has 0 fully saturated rings. The van der Waals surface area contributed by atoms with E-state index in [0.717, 1.165) is 11.3 Å². The van der Waals surface area contributed by atoms with Crippen LogP contribution in [0.4, 0.5) is 0 Å². The molecule has 17 heavy (non-hydrogen) atoms. The summed E-state index contributed by atoms with van der Waals surface area (Å²) in [6.07, 6.45) is 2.11. The maximum absolute atomic E-state index is 12.1. The maximum Gasteiger partial charge on any atom is 0.242 e. The summed E-state index contributed by atoms with van der Waals surface area (Å²) in [4.78, 5) is 13.7. The van der Waals surface area contributed by atoms with Crippen LogP contribution >= 0.6 is 0 Å². The second-order valence-electron chi connectivity index (χ2n) is 4.46. The third-order valence-electron chi connectivity index (χ3n) is 3.15. The van der Waals surface area contributed by atoms with Gasteiger partial charge in [-0.3, -0.25) is 4.79 Å². The molecule has 0 saturated carbocycles. The molecule has 0 N–H and O–H groups in total. The van der Waals surface area contributed by atoms with Crippen molar-refractivity contribution in [3.63, 3.8) is 0 Å². The number of hydrogen-bond acceptors (Lipinski definition) is 3. The van der Waals surface area contributed by atoms with E-state index in [0.29, 0.717) is 13.0 Å². The van der Waals surface area contributed by atoms with Crippen LogP contribution in [0.1, 0.15) is 31.6 Å². The monoisotopic (exact) mass is 234 g/mol. The highest BCUT2D eigenvalue weighted by Gasteiger charge is 2.33. The number of rotatable bonds is 4. The molecule has 4 nitrogen and oxygen atoms in total. The first-order valence-electron chi connectivity index (χ1n) is 5.64. The zero-order valence-electron chi connectivity index (χ0n) is 10.8. The highest BCUT2D eigenvalue weighted by atomic mass is 16.3.